The van der Waals surface area contributed by atoms with Crippen molar-refractivity contribution < 1.29 is 9.53 Å². The second-order valence-corrected chi connectivity index (χ2v) is 5.38. The molecule has 0 atom stereocenters. The lowest BCUT2D eigenvalue weighted by molar-refractivity contribution is 0.0955. The largest absolute Gasteiger partial charge is 0.497 e. The first-order chi connectivity index (χ1) is 11.8. The SMILES string of the molecule is COc1cccc(CCNC(=O)c2cn[nH]c2-c2ccccc2)c1. The number of H-pyrrole nitrogens is 1. The Balaban J connectivity index is 1.63. The third-order valence-corrected chi connectivity index (χ3v) is 3.78. The van der Waals surface area contributed by atoms with Crippen LogP contribution >= 0.6 is 0 Å². The van der Waals surface area contributed by atoms with E-state index in [1.54, 1.807) is 13.3 Å². The number of nitrogens with zero attached hydrogens (tertiary/aromatic N) is 1. The molecule has 1 aromatic heterocycles. The zero-order valence-electron chi connectivity index (χ0n) is 13.5. The molecule has 3 aromatic rings. The summed E-state index contributed by atoms with van der Waals surface area (Å²) in [6.07, 6.45) is 2.30. The van der Waals surface area contributed by atoms with Crippen molar-refractivity contribution >= 4 is 5.91 Å². The lowest BCUT2D eigenvalue weighted by Crippen LogP contribution is -2.25. The van der Waals surface area contributed by atoms with Crippen LogP contribution in [0.15, 0.2) is 60.8 Å². The molecule has 1 amide bonds. The lowest BCUT2D eigenvalue weighted by atomic mass is 10.1. The number of carbonyl (C=O) groups excluding carboxylic acids is 1. The Hall–Kier alpha value is -3.08. The van der Waals surface area contributed by atoms with E-state index >= 15 is 0 Å². The molecule has 0 radical (unpaired) electrons. The fraction of sp³-hybridized carbons (Fsp3) is 0.158. The normalized spacial score (nSPS) is 10.4. The van der Waals surface area contributed by atoms with Crippen LogP contribution in [0.1, 0.15) is 15.9 Å². The summed E-state index contributed by atoms with van der Waals surface area (Å²) in [6.45, 7) is 0.547. The van der Waals surface area contributed by atoms with Gasteiger partial charge in [-0.3, -0.25) is 9.89 Å². The van der Waals surface area contributed by atoms with E-state index in [-0.39, 0.29) is 5.91 Å². The zero-order chi connectivity index (χ0) is 16.8. The molecule has 0 aliphatic rings. The molecule has 5 heteroatoms. The van der Waals surface area contributed by atoms with Crippen LogP contribution in [0.2, 0.25) is 0 Å². The van der Waals surface area contributed by atoms with Crippen molar-refractivity contribution in [3.05, 3.63) is 71.9 Å². The van der Waals surface area contributed by atoms with Crippen molar-refractivity contribution in [3.63, 3.8) is 0 Å². The summed E-state index contributed by atoms with van der Waals surface area (Å²) in [5.41, 5.74) is 3.33. The first-order valence-electron chi connectivity index (χ1n) is 7.78. The highest BCUT2D eigenvalue weighted by Crippen LogP contribution is 2.20. The van der Waals surface area contributed by atoms with Gasteiger partial charge < -0.3 is 10.1 Å². The summed E-state index contributed by atoms with van der Waals surface area (Å²) in [4.78, 5) is 12.4. The number of amides is 1. The van der Waals surface area contributed by atoms with E-state index < -0.39 is 0 Å². The highest BCUT2D eigenvalue weighted by molar-refractivity contribution is 5.99. The Morgan fingerprint density at radius 3 is 2.79 bits per heavy atom. The summed E-state index contributed by atoms with van der Waals surface area (Å²) >= 11 is 0. The molecule has 0 aliphatic carbocycles. The van der Waals surface area contributed by atoms with E-state index in [1.165, 1.54) is 0 Å². The Morgan fingerprint density at radius 2 is 2.00 bits per heavy atom. The van der Waals surface area contributed by atoms with Crippen molar-refractivity contribution in [2.24, 2.45) is 0 Å². The van der Waals surface area contributed by atoms with E-state index in [0.29, 0.717) is 12.1 Å². The third-order valence-electron chi connectivity index (χ3n) is 3.78. The average molecular weight is 321 g/mol. The van der Waals surface area contributed by atoms with Crippen molar-refractivity contribution in [1.29, 1.82) is 0 Å². The van der Waals surface area contributed by atoms with Gasteiger partial charge in [-0.15, -0.1) is 0 Å². The number of rotatable bonds is 6. The summed E-state index contributed by atoms with van der Waals surface area (Å²) < 4.78 is 5.21. The average Bonchev–Trinajstić information content (AvgIpc) is 3.12. The minimum Gasteiger partial charge on any atom is -0.497 e. The number of hydrogen-bond acceptors (Lipinski definition) is 3. The van der Waals surface area contributed by atoms with Gasteiger partial charge in [-0.1, -0.05) is 42.5 Å². The smallest absolute Gasteiger partial charge is 0.255 e. The molecule has 0 saturated heterocycles. The van der Waals surface area contributed by atoms with E-state index in [4.69, 9.17) is 4.74 Å². The van der Waals surface area contributed by atoms with Gasteiger partial charge in [-0.2, -0.15) is 5.10 Å². The maximum Gasteiger partial charge on any atom is 0.255 e. The van der Waals surface area contributed by atoms with Crippen LogP contribution in [-0.4, -0.2) is 29.8 Å². The van der Waals surface area contributed by atoms with Crippen LogP contribution < -0.4 is 10.1 Å². The number of aromatic amines is 1. The molecule has 0 aliphatic heterocycles. The molecule has 0 fully saturated rings. The molecule has 0 bridgehead atoms. The van der Waals surface area contributed by atoms with Crippen LogP contribution in [-0.2, 0) is 6.42 Å². The summed E-state index contributed by atoms with van der Waals surface area (Å²) in [5, 5.41) is 9.85. The first-order valence-corrected chi connectivity index (χ1v) is 7.78. The molecule has 0 spiro atoms. The number of aromatic nitrogens is 2. The maximum absolute atomic E-state index is 12.4. The Morgan fingerprint density at radius 1 is 1.17 bits per heavy atom. The van der Waals surface area contributed by atoms with Gasteiger partial charge in [0.05, 0.1) is 24.6 Å². The van der Waals surface area contributed by atoms with Gasteiger partial charge in [0.2, 0.25) is 0 Å². The molecule has 5 nitrogen and oxygen atoms in total. The molecule has 24 heavy (non-hydrogen) atoms. The van der Waals surface area contributed by atoms with E-state index in [1.807, 2.05) is 54.6 Å². The highest BCUT2D eigenvalue weighted by Gasteiger charge is 2.14. The van der Waals surface area contributed by atoms with Crippen molar-refractivity contribution in [1.82, 2.24) is 15.5 Å². The molecule has 3 rings (SSSR count). The molecule has 0 unspecified atom stereocenters. The van der Waals surface area contributed by atoms with Gasteiger partial charge >= 0.3 is 0 Å². The molecule has 1 heterocycles. The van der Waals surface area contributed by atoms with Crippen LogP contribution in [0.4, 0.5) is 0 Å². The highest BCUT2D eigenvalue weighted by atomic mass is 16.5. The predicted molar refractivity (Wildman–Crippen MR) is 93.1 cm³/mol. The van der Waals surface area contributed by atoms with Crippen LogP contribution in [0.5, 0.6) is 5.75 Å². The number of carbonyl (C=O) groups is 1. The lowest BCUT2D eigenvalue weighted by Gasteiger charge is -2.07. The number of methoxy groups -OCH3 is 1. The van der Waals surface area contributed by atoms with Gasteiger partial charge in [0.1, 0.15) is 5.75 Å². The minimum atomic E-state index is -0.134. The number of hydrogen-bond donors (Lipinski definition) is 2. The monoisotopic (exact) mass is 321 g/mol. The third kappa shape index (κ3) is 3.63. The van der Waals surface area contributed by atoms with E-state index in [9.17, 15) is 4.79 Å². The second kappa shape index (κ2) is 7.46. The molecule has 0 saturated carbocycles. The summed E-state index contributed by atoms with van der Waals surface area (Å²) in [6, 6.07) is 17.5. The van der Waals surface area contributed by atoms with Gasteiger partial charge in [-0.05, 0) is 24.1 Å². The van der Waals surface area contributed by atoms with Gasteiger partial charge in [0.15, 0.2) is 0 Å². The summed E-state index contributed by atoms with van der Waals surface area (Å²) in [7, 11) is 1.64. The molecular weight excluding hydrogens is 302 g/mol. The Bertz CT molecular complexity index is 812. The topological polar surface area (TPSA) is 67.0 Å². The van der Waals surface area contributed by atoms with Crippen LogP contribution in [0.3, 0.4) is 0 Å². The van der Waals surface area contributed by atoms with Crippen LogP contribution in [0, 0.1) is 0 Å². The Labute approximate surface area is 140 Å². The molecule has 122 valence electrons. The zero-order valence-corrected chi connectivity index (χ0v) is 13.5. The fourth-order valence-electron chi connectivity index (χ4n) is 2.53. The first kappa shape index (κ1) is 15.8. The van der Waals surface area contributed by atoms with Gasteiger partial charge in [0.25, 0.3) is 5.91 Å². The maximum atomic E-state index is 12.4. The standard InChI is InChI=1S/C19H19N3O2/c1-24-16-9-5-6-14(12-16)10-11-20-19(23)17-13-21-22-18(17)15-7-3-2-4-8-15/h2-9,12-13H,10-11H2,1H3,(H,20,23)(H,21,22). The molecule has 2 N–H and O–H groups in total. The Kier molecular flexibility index (Phi) is 4.91. The van der Waals surface area contributed by atoms with E-state index in [2.05, 4.69) is 15.5 Å². The second-order valence-electron chi connectivity index (χ2n) is 5.38. The summed E-state index contributed by atoms with van der Waals surface area (Å²) in [5.74, 6) is 0.686. The minimum absolute atomic E-state index is 0.134. The van der Waals surface area contributed by atoms with Crippen molar-refractivity contribution in [2.45, 2.75) is 6.42 Å². The molecule has 2 aromatic carbocycles. The quantitative estimate of drug-likeness (QED) is 0.733. The van der Waals surface area contributed by atoms with Gasteiger partial charge in [0, 0.05) is 12.1 Å². The van der Waals surface area contributed by atoms with Crippen LogP contribution in [0.25, 0.3) is 11.3 Å². The van der Waals surface area contributed by atoms with Crippen molar-refractivity contribution in [2.75, 3.05) is 13.7 Å². The number of benzene rings is 2. The van der Waals surface area contributed by atoms with E-state index in [0.717, 1.165) is 29.0 Å². The van der Waals surface area contributed by atoms with Crippen molar-refractivity contribution in [3.8, 4) is 17.0 Å². The predicted octanol–water partition coefficient (Wildman–Crippen LogP) is 3.06. The fourth-order valence-corrected chi connectivity index (χ4v) is 2.53. The van der Waals surface area contributed by atoms with Gasteiger partial charge in [-0.25, -0.2) is 0 Å². The number of ether oxygens (including phenoxy) is 1. The molecular formula is C19H19N3O2. The number of nitrogens with one attached hydrogen (secondary N) is 2.